The monoisotopic (exact) mass is 542 g/mol. The zero-order valence-electron chi connectivity index (χ0n) is 23.7. The van der Waals surface area contributed by atoms with E-state index in [1.807, 2.05) is 13.0 Å². The van der Waals surface area contributed by atoms with Crippen molar-refractivity contribution in [3.05, 3.63) is 131 Å². The highest BCUT2D eigenvalue weighted by molar-refractivity contribution is 5.75. The molecule has 7 heteroatoms. The summed E-state index contributed by atoms with van der Waals surface area (Å²) in [6, 6.07) is 25.2. The summed E-state index contributed by atoms with van der Waals surface area (Å²) >= 11 is 0. The number of hydrogen-bond donors (Lipinski definition) is 4. The number of hydrogen-bond acceptors (Lipinski definition) is 4. The normalized spacial score (nSPS) is 13.7. The van der Waals surface area contributed by atoms with Crippen LogP contribution >= 0.6 is 0 Å². The number of benzene rings is 3. The molecule has 4 rings (SSSR count). The molecule has 6 N–H and O–H groups in total. The molecule has 40 heavy (non-hydrogen) atoms. The Morgan fingerprint density at radius 3 is 2.30 bits per heavy atom. The summed E-state index contributed by atoms with van der Waals surface area (Å²) in [5.41, 5.74) is 17.2. The van der Waals surface area contributed by atoms with Crippen molar-refractivity contribution in [2.24, 2.45) is 16.5 Å². The maximum atomic E-state index is 13.8. The molecule has 1 aliphatic heterocycles. The first kappa shape index (κ1) is 30.4. The van der Waals surface area contributed by atoms with Crippen molar-refractivity contribution in [3.8, 4) is 0 Å². The second-order valence-corrected chi connectivity index (χ2v) is 10.1. The van der Waals surface area contributed by atoms with Crippen molar-refractivity contribution in [3.63, 3.8) is 0 Å². The molecule has 0 aromatic heterocycles. The number of aliphatic imine (C=N–C) groups is 1. The van der Waals surface area contributed by atoms with Crippen LogP contribution in [0.25, 0.3) is 0 Å². The lowest BCUT2D eigenvalue weighted by Crippen LogP contribution is -2.33. The Morgan fingerprint density at radius 2 is 1.70 bits per heavy atom. The lowest BCUT2D eigenvalue weighted by molar-refractivity contribution is 0.215. The number of nitrogens with zero attached hydrogens (tertiary/aromatic N) is 2. The fourth-order valence-corrected chi connectivity index (χ4v) is 4.71. The van der Waals surface area contributed by atoms with Crippen LogP contribution < -0.4 is 22.1 Å². The Balaban J connectivity index is 0.000000229. The second kappa shape index (κ2) is 15.5. The first-order valence-electron chi connectivity index (χ1n) is 13.7. The zero-order valence-corrected chi connectivity index (χ0v) is 23.7. The SMILES string of the molecule is C=CNC(CCCN=C(N)N)C(=C)NCc1ccc(C)cc1F.CC(c1ccccc1)N1Cc2ccccc2C1. The van der Waals surface area contributed by atoms with E-state index in [2.05, 4.69) is 95.2 Å². The summed E-state index contributed by atoms with van der Waals surface area (Å²) in [6.07, 6.45) is 3.19. The van der Waals surface area contributed by atoms with E-state index in [1.54, 1.807) is 12.3 Å². The molecule has 1 aliphatic rings. The molecule has 2 unspecified atom stereocenters. The lowest BCUT2D eigenvalue weighted by Gasteiger charge is -2.24. The Hall–Kier alpha value is -4.10. The summed E-state index contributed by atoms with van der Waals surface area (Å²) in [5.74, 6) is -0.128. The van der Waals surface area contributed by atoms with Crippen molar-refractivity contribution < 1.29 is 4.39 Å². The topological polar surface area (TPSA) is 91.7 Å². The van der Waals surface area contributed by atoms with Gasteiger partial charge in [0.1, 0.15) is 5.82 Å². The molecule has 0 saturated heterocycles. The van der Waals surface area contributed by atoms with E-state index < -0.39 is 0 Å². The van der Waals surface area contributed by atoms with Gasteiger partial charge in [-0.3, -0.25) is 9.89 Å². The first-order chi connectivity index (χ1) is 19.3. The highest BCUT2D eigenvalue weighted by Crippen LogP contribution is 2.30. The van der Waals surface area contributed by atoms with Gasteiger partial charge in [-0.2, -0.15) is 0 Å². The van der Waals surface area contributed by atoms with Crippen LogP contribution in [-0.4, -0.2) is 23.4 Å². The molecule has 6 nitrogen and oxygen atoms in total. The Kier molecular flexibility index (Phi) is 11.8. The fourth-order valence-electron chi connectivity index (χ4n) is 4.71. The molecule has 0 radical (unpaired) electrons. The van der Waals surface area contributed by atoms with E-state index in [-0.39, 0.29) is 17.8 Å². The molecule has 0 spiro atoms. The van der Waals surface area contributed by atoms with Crippen LogP contribution in [0.3, 0.4) is 0 Å². The zero-order chi connectivity index (χ0) is 28.9. The van der Waals surface area contributed by atoms with Gasteiger partial charge in [0.25, 0.3) is 0 Å². The van der Waals surface area contributed by atoms with Crippen molar-refractivity contribution in [2.75, 3.05) is 6.54 Å². The van der Waals surface area contributed by atoms with E-state index in [9.17, 15) is 4.39 Å². The summed E-state index contributed by atoms with van der Waals surface area (Å²) < 4.78 is 13.8. The minimum absolute atomic E-state index is 0.0183. The quantitative estimate of drug-likeness (QED) is 0.135. The van der Waals surface area contributed by atoms with Gasteiger partial charge in [0.15, 0.2) is 5.96 Å². The van der Waals surface area contributed by atoms with Gasteiger partial charge in [0, 0.05) is 43.5 Å². The van der Waals surface area contributed by atoms with Gasteiger partial charge in [-0.15, -0.1) is 0 Å². The van der Waals surface area contributed by atoms with E-state index >= 15 is 0 Å². The van der Waals surface area contributed by atoms with Crippen molar-refractivity contribution >= 4 is 5.96 Å². The van der Waals surface area contributed by atoms with Gasteiger partial charge in [-0.05, 0) is 61.2 Å². The average Bonchev–Trinajstić information content (AvgIpc) is 3.39. The van der Waals surface area contributed by atoms with Crippen molar-refractivity contribution in [2.45, 2.75) is 58.4 Å². The predicted molar refractivity (Wildman–Crippen MR) is 165 cm³/mol. The minimum Gasteiger partial charge on any atom is -0.383 e. The van der Waals surface area contributed by atoms with E-state index in [0.29, 0.717) is 24.7 Å². The summed E-state index contributed by atoms with van der Waals surface area (Å²) in [7, 11) is 0. The number of nitrogens with one attached hydrogen (secondary N) is 2. The van der Waals surface area contributed by atoms with Crippen LogP contribution in [0.1, 0.15) is 53.6 Å². The first-order valence-corrected chi connectivity index (χ1v) is 13.7. The van der Waals surface area contributed by atoms with Crippen LogP contribution in [-0.2, 0) is 19.6 Å². The molecule has 0 saturated carbocycles. The number of fused-ring (bicyclic) bond motifs is 1. The molecule has 0 amide bonds. The maximum Gasteiger partial charge on any atom is 0.185 e. The van der Waals surface area contributed by atoms with Crippen LogP contribution in [0.5, 0.6) is 0 Å². The van der Waals surface area contributed by atoms with Crippen LogP contribution in [0.2, 0.25) is 0 Å². The molecular formula is C33H43FN6. The fraction of sp³-hybridized carbons (Fsp3) is 0.303. The standard InChI is InChI=1S/C17H26FN5.C16H17N/c1-4-21-16(6-5-9-22-17(19)20)13(3)23-11-14-8-7-12(2)10-15(14)18;1-13(14-7-3-2-4-8-14)17-11-15-9-5-6-10-16(15)12-17/h4,7-8,10,16,21,23H,1,3,5-6,9,11H2,2H3,(H4,19,20,22);2-10,13H,11-12H2,1H3. The Bertz CT molecular complexity index is 1240. The lowest BCUT2D eigenvalue weighted by atomic mass is 10.1. The maximum absolute atomic E-state index is 13.8. The molecule has 212 valence electrons. The number of guanidine groups is 1. The third-order valence-corrected chi connectivity index (χ3v) is 7.09. The van der Waals surface area contributed by atoms with Crippen LogP contribution in [0.4, 0.5) is 4.39 Å². The Morgan fingerprint density at radius 1 is 1.05 bits per heavy atom. The van der Waals surface area contributed by atoms with Crippen LogP contribution in [0.15, 0.2) is 103 Å². The van der Waals surface area contributed by atoms with Gasteiger partial charge >= 0.3 is 0 Å². The van der Waals surface area contributed by atoms with Gasteiger partial charge in [0.2, 0.25) is 0 Å². The Labute approximate surface area is 238 Å². The van der Waals surface area contributed by atoms with Gasteiger partial charge in [0.05, 0.1) is 6.04 Å². The van der Waals surface area contributed by atoms with Gasteiger partial charge < -0.3 is 22.1 Å². The largest absolute Gasteiger partial charge is 0.383 e. The average molecular weight is 543 g/mol. The summed E-state index contributed by atoms with van der Waals surface area (Å²) in [5, 5.41) is 6.29. The van der Waals surface area contributed by atoms with Crippen LogP contribution in [0, 0.1) is 12.7 Å². The molecule has 2 atom stereocenters. The van der Waals surface area contributed by atoms with E-state index in [1.165, 1.54) is 22.8 Å². The van der Waals surface area contributed by atoms with Gasteiger partial charge in [-0.25, -0.2) is 4.39 Å². The number of rotatable bonds is 12. The predicted octanol–water partition coefficient (Wildman–Crippen LogP) is 5.66. The molecule has 3 aromatic carbocycles. The summed E-state index contributed by atoms with van der Waals surface area (Å²) in [6.45, 7) is 14.9. The van der Waals surface area contributed by atoms with Crippen molar-refractivity contribution in [1.82, 2.24) is 15.5 Å². The van der Waals surface area contributed by atoms with Gasteiger partial charge in [-0.1, -0.05) is 79.9 Å². The number of nitrogens with two attached hydrogens (primary N) is 2. The number of halogens is 1. The molecule has 0 bridgehead atoms. The van der Waals surface area contributed by atoms with E-state index in [4.69, 9.17) is 11.5 Å². The second-order valence-electron chi connectivity index (χ2n) is 10.1. The third kappa shape index (κ3) is 9.27. The minimum atomic E-state index is -0.216. The smallest absolute Gasteiger partial charge is 0.185 e. The molecule has 0 aliphatic carbocycles. The van der Waals surface area contributed by atoms with Crippen molar-refractivity contribution in [1.29, 1.82) is 0 Å². The van der Waals surface area contributed by atoms with E-state index in [0.717, 1.165) is 37.2 Å². The molecular weight excluding hydrogens is 499 g/mol. The third-order valence-electron chi connectivity index (χ3n) is 7.09. The molecule has 3 aromatic rings. The summed E-state index contributed by atoms with van der Waals surface area (Å²) in [4.78, 5) is 6.48. The highest BCUT2D eigenvalue weighted by Gasteiger charge is 2.23. The highest BCUT2D eigenvalue weighted by atomic mass is 19.1. The molecule has 1 heterocycles. The number of aryl methyl sites for hydroxylation is 1. The molecule has 0 fully saturated rings.